The summed E-state index contributed by atoms with van der Waals surface area (Å²) in [7, 11) is 1.02. The summed E-state index contributed by atoms with van der Waals surface area (Å²) < 4.78 is 25.5. The van der Waals surface area contributed by atoms with Gasteiger partial charge in [-0.2, -0.15) is 0 Å². The van der Waals surface area contributed by atoms with Gasteiger partial charge in [-0.1, -0.05) is 6.07 Å². The lowest BCUT2D eigenvalue weighted by atomic mass is 10.2. The molecule has 8 heteroatoms. The number of benzene rings is 1. The summed E-state index contributed by atoms with van der Waals surface area (Å²) in [6.07, 6.45) is 0.666. The molecule has 1 aliphatic heterocycles. The number of rotatable bonds is 4. The number of nitrogens with zero attached hydrogens (tertiary/aromatic N) is 2. The van der Waals surface area contributed by atoms with Gasteiger partial charge in [-0.25, -0.2) is 12.7 Å². The normalized spacial score (nSPS) is 19.3. The van der Waals surface area contributed by atoms with Gasteiger partial charge in [0.2, 0.25) is 15.9 Å². The Kier molecular flexibility index (Phi) is 4.11. The molecular weight excluding hydrogens is 292 g/mol. The van der Waals surface area contributed by atoms with E-state index in [0.29, 0.717) is 18.7 Å². The summed E-state index contributed by atoms with van der Waals surface area (Å²) in [5.74, 6) is -0.0183. The zero-order valence-corrected chi connectivity index (χ0v) is 13.1. The zero-order chi connectivity index (χ0) is 15.8. The molecule has 0 aliphatic carbocycles. The standard InChI is InChI=1S/C13H20N4O3S/c1-16(2)21(19,20)11-6-4-5-9(12(11)14)15-10-7-8-17(3)13(10)18/h4-6,10,15H,7-8,14H2,1-3H3. The summed E-state index contributed by atoms with van der Waals surface area (Å²) in [6.45, 7) is 0.673. The number of nitrogens with two attached hydrogens (primary N) is 1. The highest BCUT2D eigenvalue weighted by molar-refractivity contribution is 7.89. The van der Waals surface area contributed by atoms with Crippen LogP contribution in [-0.2, 0) is 14.8 Å². The van der Waals surface area contributed by atoms with E-state index in [1.54, 1.807) is 24.1 Å². The zero-order valence-electron chi connectivity index (χ0n) is 12.3. The molecule has 2 rings (SSSR count). The number of amides is 1. The Bertz CT molecular complexity index is 657. The number of likely N-dealkylation sites (N-methyl/N-ethyl adjacent to an activating group) is 1. The van der Waals surface area contributed by atoms with E-state index in [4.69, 9.17) is 5.73 Å². The minimum absolute atomic E-state index is 0.0183. The second-order valence-corrected chi connectivity index (χ2v) is 7.37. The van der Waals surface area contributed by atoms with Crippen molar-refractivity contribution in [1.82, 2.24) is 9.21 Å². The van der Waals surface area contributed by atoms with E-state index < -0.39 is 10.0 Å². The number of likely N-dealkylation sites (tertiary alicyclic amines) is 1. The Labute approximate surface area is 124 Å². The first-order valence-corrected chi connectivity index (χ1v) is 8.01. The van der Waals surface area contributed by atoms with Crippen LogP contribution in [0.15, 0.2) is 23.1 Å². The summed E-state index contributed by atoms with van der Waals surface area (Å²) in [6, 6.07) is 4.38. The van der Waals surface area contributed by atoms with Crippen molar-refractivity contribution in [3.63, 3.8) is 0 Å². The number of hydrogen-bond donors (Lipinski definition) is 2. The lowest BCUT2D eigenvalue weighted by Gasteiger charge is -2.18. The van der Waals surface area contributed by atoms with Crippen LogP contribution < -0.4 is 11.1 Å². The molecule has 7 nitrogen and oxygen atoms in total. The molecule has 1 saturated heterocycles. The average molecular weight is 312 g/mol. The van der Waals surface area contributed by atoms with Gasteiger partial charge in [0.1, 0.15) is 10.9 Å². The molecule has 1 atom stereocenters. The van der Waals surface area contributed by atoms with Gasteiger partial charge in [0.05, 0.1) is 11.4 Å². The Hall–Kier alpha value is -1.80. The number of anilines is 2. The van der Waals surface area contributed by atoms with Crippen molar-refractivity contribution in [3.05, 3.63) is 18.2 Å². The van der Waals surface area contributed by atoms with Crippen molar-refractivity contribution in [2.45, 2.75) is 17.4 Å². The molecule has 0 spiro atoms. The summed E-state index contributed by atoms with van der Waals surface area (Å²) >= 11 is 0. The van der Waals surface area contributed by atoms with Gasteiger partial charge in [0.25, 0.3) is 0 Å². The van der Waals surface area contributed by atoms with E-state index >= 15 is 0 Å². The van der Waals surface area contributed by atoms with Gasteiger partial charge < -0.3 is 16.0 Å². The molecule has 1 aliphatic rings. The van der Waals surface area contributed by atoms with Crippen LogP contribution in [0, 0.1) is 0 Å². The fourth-order valence-electron chi connectivity index (χ4n) is 2.24. The van der Waals surface area contributed by atoms with Crippen molar-refractivity contribution in [1.29, 1.82) is 0 Å². The largest absolute Gasteiger partial charge is 0.396 e. The molecule has 0 saturated carbocycles. The number of nitrogens with one attached hydrogen (secondary N) is 1. The highest BCUT2D eigenvalue weighted by Crippen LogP contribution is 2.29. The molecule has 1 amide bonds. The van der Waals surface area contributed by atoms with Gasteiger partial charge in [-0.3, -0.25) is 4.79 Å². The predicted molar refractivity (Wildman–Crippen MR) is 81.4 cm³/mol. The number of carbonyl (C=O) groups is 1. The van der Waals surface area contributed by atoms with E-state index in [-0.39, 0.29) is 22.5 Å². The van der Waals surface area contributed by atoms with Crippen molar-refractivity contribution >= 4 is 27.3 Å². The van der Waals surface area contributed by atoms with Gasteiger partial charge >= 0.3 is 0 Å². The first-order chi connectivity index (χ1) is 9.75. The molecule has 1 unspecified atom stereocenters. The molecular formula is C13H20N4O3S. The van der Waals surface area contributed by atoms with Crippen molar-refractivity contribution < 1.29 is 13.2 Å². The van der Waals surface area contributed by atoms with E-state index in [1.165, 1.54) is 20.2 Å². The maximum atomic E-state index is 12.2. The Morgan fingerprint density at radius 2 is 2.05 bits per heavy atom. The number of hydrogen-bond acceptors (Lipinski definition) is 5. The number of carbonyl (C=O) groups excluding carboxylic acids is 1. The SMILES string of the molecule is CN1CCC(Nc2cccc(S(=O)(=O)N(C)C)c2N)C1=O. The van der Waals surface area contributed by atoms with Crippen molar-refractivity contribution in [2.24, 2.45) is 0 Å². The van der Waals surface area contributed by atoms with Crippen LogP contribution in [0.25, 0.3) is 0 Å². The molecule has 1 heterocycles. The number of nitrogen functional groups attached to an aromatic ring is 1. The molecule has 0 radical (unpaired) electrons. The minimum Gasteiger partial charge on any atom is -0.396 e. The van der Waals surface area contributed by atoms with Gasteiger partial charge in [-0.05, 0) is 18.6 Å². The summed E-state index contributed by atoms with van der Waals surface area (Å²) in [5.41, 5.74) is 6.57. The van der Waals surface area contributed by atoms with Gasteiger partial charge in [0.15, 0.2) is 0 Å². The molecule has 1 fully saturated rings. The van der Waals surface area contributed by atoms with E-state index in [9.17, 15) is 13.2 Å². The molecule has 1 aromatic rings. The van der Waals surface area contributed by atoms with Crippen LogP contribution in [-0.4, -0.2) is 57.3 Å². The summed E-state index contributed by atoms with van der Waals surface area (Å²) in [4.78, 5) is 13.6. The molecule has 0 aromatic heterocycles. The van der Waals surface area contributed by atoms with Crippen LogP contribution in [0.3, 0.4) is 0 Å². The topological polar surface area (TPSA) is 95.7 Å². The van der Waals surface area contributed by atoms with Crippen LogP contribution in [0.1, 0.15) is 6.42 Å². The quantitative estimate of drug-likeness (QED) is 0.772. The Balaban J connectivity index is 2.33. The lowest BCUT2D eigenvalue weighted by Crippen LogP contribution is -2.31. The van der Waals surface area contributed by atoms with E-state index in [0.717, 1.165) is 4.31 Å². The minimum atomic E-state index is -3.61. The lowest BCUT2D eigenvalue weighted by molar-refractivity contribution is -0.127. The molecule has 21 heavy (non-hydrogen) atoms. The van der Waals surface area contributed by atoms with Crippen LogP contribution >= 0.6 is 0 Å². The van der Waals surface area contributed by atoms with Gasteiger partial charge in [-0.15, -0.1) is 0 Å². The fourth-order valence-corrected chi connectivity index (χ4v) is 3.27. The average Bonchev–Trinajstić information content (AvgIpc) is 2.72. The van der Waals surface area contributed by atoms with Crippen LogP contribution in [0.5, 0.6) is 0 Å². The fraction of sp³-hybridized carbons (Fsp3) is 0.462. The summed E-state index contributed by atoms with van der Waals surface area (Å²) in [5, 5.41) is 3.04. The number of para-hydroxylation sites is 1. The third kappa shape index (κ3) is 2.81. The molecule has 3 N–H and O–H groups in total. The number of sulfonamides is 1. The van der Waals surface area contributed by atoms with Crippen LogP contribution in [0.2, 0.25) is 0 Å². The predicted octanol–water partition coefficient (Wildman–Crippen LogP) is 0.162. The first-order valence-electron chi connectivity index (χ1n) is 6.57. The molecule has 1 aromatic carbocycles. The van der Waals surface area contributed by atoms with Crippen molar-refractivity contribution in [3.8, 4) is 0 Å². The highest BCUT2D eigenvalue weighted by Gasteiger charge is 2.30. The first kappa shape index (κ1) is 15.6. The molecule has 0 bridgehead atoms. The Morgan fingerprint density at radius 1 is 1.38 bits per heavy atom. The van der Waals surface area contributed by atoms with Crippen LogP contribution in [0.4, 0.5) is 11.4 Å². The second-order valence-electron chi connectivity index (χ2n) is 5.25. The molecule has 116 valence electrons. The smallest absolute Gasteiger partial charge is 0.244 e. The maximum absolute atomic E-state index is 12.2. The highest BCUT2D eigenvalue weighted by atomic mass is 32.2. The second kappa shape index (κ2) is 5.53. The Morgan fingerprint density at radius 3 is 2.57 bits per heavy atom. The van der Waals surface area contributed by atoms with Gasteiger partial charge in [0, 0.05) is 27.7 Å². The van der Waals surface area contributed by atoms with Crippen molar-refractivity contribution in [2.75, 3.05) is 38.7 Å². The van der Waals surface area contributed by atoms with E-state index in [1.807, 2.05) is 0 Å². The van der Waals surface area contributed by atoms with E-state index in [2.05, 4.69) is 5.32 Å². The third-order valence-electron chi connectivity index (χ3n) is 3.58. The third-order valence-corrected chi connectivity index (χ3v) is 5.46. The maximum Gasteiger partial charge on any atom is 0.244 e. The monoisotopic (exact) mass is 312 g/mol.